The van der Waals surface area contributed by atoms with Gasteiger partial charge in [-0.05, 0) is 61.7 Å². The molecule has 0 aromatic heterocycles. The molecule has 0 radical (unpaired) electrons. The Kier molecular flexibility index (Phi) is 12.0. The number of nitrogens with one attached hydrogen (secondary N) is 1. The van der Waals surface area contributed by atoms with Crippen molar-refractivity contribution in [3.8, 4) is 11.5 Å². The van der Waals surface area contributed by atoms with E-state index in [0.717, 1.165) is 17.7 Å². The van der Waals surface area contributed by atoms with E-state index in [1.807, 2.05) is 68.4 Å². The highest BCUT2D eigenvalue weighted by atomic mass is 35.5. The first-order valence-corrected chi connectivity index (χ1v) is 13.9. The average molecular weight is 572 g/mol. The van der Waals surface area contributed by atoms with Crippen molar-refractivity contribution in [1.82, 2.24) is 10.2 Å². The van der Waals surface area contributed by atoms with Gasteiger partial charge in [0.25, 0.3) is 0 Å². The number of amides is 2. The van der Waals surface area contributed by atoms with Crippen molar-refractivity contribution in [2.45, 2.75) is 58.2 Å². The van der Waals surface area contributed by atoms with Crippen molar-refractivity contribution >= 4 is 35.0 Å². The second kappa shape index (κ2) is 15.4. The van der Waals surface area contributed by atoms with E-state index in [9.17, 15) is 9.59 Å². The summed E-state index contributed by atoms with van der Waals surface area (Å²) >= 11 is 13.0. The molecule has 0 aliphatic carbocycles. The fraction of sp³-hybridized carbons (Fsp3) is 0.355. The Balaban J connectivity index is 1.82. The number of carbonyl (C=O) groups is 2. The molecule has 0 fully saturated rings. The predicted molar refractivity (Wildman–Crippen MR) is 157 cm³/mol. The Morgan fingerprint density at radius 2 is 1.56 bits per heavy atom. The summed E-state index contributed by atoms with van der Waals surface area (Å²) in [5.41, 5.74) is 1.56. The lowest BCUT2D eigenvalue weighted by Crippen LogP contribution is -2.52. The van der Waals surface area contributed by atoms with Crippen molar-refractivity contribution in [2.24, 2.45) is 0 Å². The summed E-state index contributed by atoms with van der Waals surface area (Å²) in [4.78, 5) is 28.9. The molecule has 0 saturated heterocycles. The zero-order valence-electron chi connectivity index (χ0n) is 22.7. The molecule has 208 valence electrons. The lowest BCUT2D eigenvalue weighted by Gasteiger charge is -2.33. The molecular weight excluding hydrogens is 535 g/mol. The summed E-state index contributed by atoms with van der Waals surface area (Å²) in [5, 5.41) is 3.96. The number of hydrogen-bond acceptors (Lipinski definition) is 4. The van der Waals surface area contributed by atoms with Gasteiger partial charge in [0.1, 0.15) is 17.5 Å². The van der Waals surface area contributed by atoms with Gasteiger partial charge >= 0.3 is 0 Å². The quantitative estimate of drug-likeness (QED) is 0.218. The summed E-state index contributed by atoms with van der Waals surface area (Å²) < 4.78 is 11.0. The van der Waals surface area contributed by atoms with Crippen LogP contribution in [0.1, 0.15) is 44.2 Å². The van der Waals surface area contributed by atoms with E-state index >= 15 is 0 Å². The molecular formula is C31H36Cl2N2O4. The minimum atomic E-state index is -0.747. The lowest BCUT2D eigenvalue weighted by molar-refractivity contribution is -0.141. The maximum absolute atomic E-state index is 13.7. The van der Waals surface area contributed by atoms with Crippen LogP contribution < -0.4 is 14.8 Å². The molecule has 39 heavy (non-hydrogen) atoms. The highest BCUT2D eigenvalue weighted by Crippen LogP contribution is 2.28. The maximum Gasteiger partial charge on any atom is 0.243 e. The fourth-order valence-electron chi connectivity index (χ4n) is 4.08. The van der Waals surface area contributed by atoms with Crippen LogP contribution in [0.25, 0.3) is 0 Å². The van der Waals surface area contributed by atoms with Gasteiger partial charge in [0, 0.05) is 41.0 Å². The molecule has 1 N–H and O–H groups in total. The van der Waals surface area contributed by atoms with E-state index in [1.54, 1.807) is 30.2 Å². The number of methoxy groups -OCH3 is 1. The first-order valence-electron chi connectivity index (χ1n) is 13.2. The fourth-order valence-corrected chi connectivity index (χ4v) is 4.59. The number of halogens is 2. The van der Waals surface area contributed by atoms with Gasteiger partial charge in [-0.2, -0.15) is 0 Å². The van der Waals surface area contributed by atoms with E-state index in [0.29, 0.717) is 40.8 Å². The van der Waals surface area contributed by atoms with Crippen molar-refractivity contribution in [2.75, 3.05) is 13.7 Å². The molecule has 0 aliphatic heterocycles. The Morgan fingerprint density at radius 1 is 0.923 bits per heavy atom. The molecule has 3 rings (SSSR count). The number of benzene rings is 3. The second-order valence-electron chi connectivity index (χ2n) is 9.37. The van der Waals surface area contributed by atoms with Crippen LogP contribution in [0, 0.1) is 0 Å². The zero-order chi connectivity index (χ0) is 28.2. The van der Waals surface area contributed by atoms with Crippen LogP contribution in [0.4, 0.5) is 0 Å². The molecule has 8 heteroatoms. The van der Waals surface area contributed by atoms with E-state index < -0.39 is 6.04 Å². The zero-order valence-corrected chi connectivity index (χ0v) is 24.2. The summed E-state index contributed by atoms with van der Waals surface area (Å²) in [6.07, 6.45) is 1.80. The van der Waals surface area contributed by atoms with Crippen LogP contribution in [0.2, 0.25) is 10.0 Å². The van der Waals surface area contributed by atoms with Gasteiger partial charge in [0.15, 0.2) is 0 Å². The molecule has 0 bridgehead atoms. The highest BCUT2D eigenvalue weighted by molar-refractivity contribution is 6.36. The molecule has 3 aromatic rings. The third-order valence-corrected chi connectivity index (χ3v) is 7.23. The summed E-state index contributed by atoms with van der Waals surface area (Å²) in [7, 11) is 1.61. The van der Waals surface area contributed by atoms with E-state index in [1.165, 1.54) is 0 Å². The number of nitrogens with zero attached hydrogens (tertiary/aromatic N) is 1. The Hall–Kier alpha value is -3.22. The van der Waals surface area contributed by atoms with Gasteiger partial charge in [-0.3, -0.25) is 9.59 Å². The molecule has 6 nitrogen and oxygen atoms in total. The monoisotopic (exact) mass is 570 g/mol. The molecule has 3 aromatic carbocycles. The van der Waals surface area contributed by atoms with Gasteiger partial charge in [-0.1, -0.05) is 66.5 Å². The molecule has 0 aliphatic rings. The van der Waals surface area contributed by atoms with Gasteiger partial charge in [-0.25, -0.2) is 0 Å². The minimum Gasteiger partial charge on any atom is -0.497 e. The van der Waals surface area contributed by atoms with Gasteiger partial charge in [0.2, 0.25) is 11.8 Å². The Labute approximate surface area is 241 Å². The molecule has 0 heterocycles. The number of ether oxygens (including phenoxy) is 2. The van der Waals surface area contributed by atoms with Crippen LogP contribution in [-0.4, -0.2) is 42.5 Å². The van der Waals surface area contributed by atoms with Crippen molar-refractivity contribution in [3.63, 3.8) is 0 Å². The van der Waals surface area contributed by atoms with E-state index in [-0.39, 0.29) is 30.8 Å². The number of rotatable bonds is 14. The summed E-state index contributed by atoms with van der Waals surface area (Å²) in [6.45, 7) is 4.42. The standard InChI is InChI=1S/C31H36Cl2N2O4/c1-4-22(2)34-31(37)29(20-23-10-6-5-7-11-23)35(21-26-27(32)12-8-13-28(26)33)30(36)14-9-19-39-25-17-15-24(38-3)16-18-25/h5-8,10-13,15-18,22,29H,4,9,14,19-21H2,1-3H3,(H,34,37)/t22-,29+/m1/s1. The van der Waals surface area contributed by atoms with Crippen molar-refractivity contribution in [3.05, 3.63) is 94.0 Å². The maximum atomic E-state index is 13.7. The number of carbonyl (C=O) groups excluding carboxylic acids is 2. The average Bonchev–Trinajstić information content (AvgIpc) is 2.95. The van der Waals surface area contributed by atoms with Crippen LogP contribution >= 0.6 is 23.2 Å². The van der Waals surface area contributed by atoms with Gasteiger partial charge in [-0.15, -0.1) is 0 Å². The Bertz CT molecular complexity index is 1180. The van der Waals surface area contributed by atoms with Gasteiger partial charge < -0.3 is 19.7 Å². The normalized spacial score (nSPS) is 12.3. The highest BCUT2D eigenvalue weighted by Gasteiger charge is 2.31. The SMILES string of the molecule is CC[C@@H](C)NC(=O)[C@H](Cc1ccccc1)N(Cc1c(Cl)cccc1Cl)C(=O)CCCOc1ccc(OC)cc1. The first-order chi connectivity index (χ1) is 18.8. The lowest BCUT2D eigenvalue weighted by atomic mass is 10.0. The first kappa shape index (κ1) is 30.3. The van der Waals surface area contributed by atoms with Crippen LogP contribution in [0.15, 0.2) is 72.8 Å². The topological polar surface area (TPSA) is 67.9 Å². The van der Waals surface area contributed by atoms with E-state index in [4.69, 9.17) is 32.7 Å². The molecule has 0 saturated carbocycles. The van der Waals surface area contributed by atoms with Crippen LogP contribution in [-0.2, 0) is 22.6 Å². The number of hydrogen-bond donors (Lipinski definition) is 1. The van der Waals surface area contributed by atoms with Crippen molar-refractivity contribution < 1.29 is 19.1 Å². The van der Waals surface area contributed by atoms with Crippen molar-refractivity contribution in [1.29, 1.82) is 0 Å². The third-order valence-electron chi connectivity index (χ3n) is 6.53. The molecule has 0 spiro atoms. The van der Waals surface area contributed by atoms with E-state index in [2.05, 4.69) is 5.32 Å². The van der Waals surface area contributed by atoms with Crippen LogP contribution in [0.3, 0.4) is 0 Å². The van der Waals surface area contributed by atoms with Gasteiger partial charge in [0.05, 0.1) is 13.7 Å². The predicted octanol–water partition coefficient (Wildman–Crippen LogP) is 6.72. The summed E-state index contributed by atoms with van der Waals surface area (Å²) in [5.74, 6) is 1.05. The van der Waals surface area contributed by atoms with Crippen LogP contribution in [0.5, 0.6) is 11.5 Å². The Morgan fingerprint density at radius 3 is 2.18 bits per heavy atom. The third kappa shape index (κ3) is 9.19. The molecule has 0 unspecified atom stereocenters. The second-order valence-corrected chi connectivity index (χ2v) is 10.2. The summed E-state index contributed by atoms with van der Waals surface area (Å²) in [6, 6.07) is 21.4. The smallest absolute Gasteiger partial charge is 0.243 e. The molecule has 2 atom stereocenters. The molecule has 2 amide bonds. The minimum absolute atomic E-state index is 0.0328. The largest absolute Gasteiger partial charge is 0.497 e.